The molecule has 1 aliphatic carbocycles. The number of hydrogen-bond acceptors (Lipinski definition) is 6. The van der Waals surface area contributed by atoms with E-state index in [1.807, 2.05) is 54.6 Å². The number of allylic oxidation sites excluding steroid dienone is 2. The fraction of sp³-hybridized carbons (Fsp3) is 0.333. The maximum atomic E-state index is 13.1. The van der Waals surface area contributed by atoms with Gasteiger partial charge >= 0.3 is 11.9 Å². The fourth-order valence-corrected chi connectivity index (χ4v) is 4.54. The lowest BCUT2D eigenvalue weighted by Crippen LogP contribution is -2.39. The Kier molecular flexibility index (Phi) is 6.82. The van der Waals surface area contributed by atoms with Crippen molar-refractivity contribution in [2.75, 3.05) is 20.8 Å². The molecule has 2 atom stereocenters. The van der Waals surface area contributed by atoms with Crippen LogP contribution >= 0.6 is 0 Å². The third kappa shape index (κ3) is 4.65. The molecule has 2 unspecified atom stereocenters. The van der Waals surface area contributed by atoms with Crippen LogP contribution in [0, 0.1) is 5.92 Å². The summed E-state index contributed by atoms with van der Waals surface area (Å²) in [5.41, 5.74) is 3.77. The first-order valence-corrected chi connectivity index (χ1v) is 11.2. The van der Waals surface area contributed by atoms with Crippen LogP contribution in [-0.2, 0) is 19.1 Å². The second-order valence-corrected chi connectivity index (χ2v) is 8.05. The second-order valence-electron chi connectivity index (χ2n) is 8.05. The number of benzene rings is 2. The summed E-state index contributed by atoms with van der Waals surface area (Å²) in [6, 6.07) is 15.2. The molecule has 6 heteroatoms. The van der Waals surface area contributed by atoms with Gasteiger partial charge < -0.3 is 18.9 Å². The molecule has 0 fully saturated rings. The molecule has 4 rings (SSSR count). The molecule has 33 heavy (non-hydrogen) atoms. The minimum absolute atomic E-state index is 0.201. The lowest BCUT2D eigenvalue weighted by atomic mass is 9.73. The maximum absolute atomic E-state index is 13.1. The normalized spacial score (nSPS) is 21.3. The Labute approximate surface area is 193 Å². The molecule has 0 bridgehead atoms. The predicted molar refractivity (Wildman–Crippen MR) is 124 cm³/mol. The molecular weight excluding hydrogens is 420 g/mol. The quantitative estimate of drug-likeness (QED) is 0.455. The molecule has 0 amide bonds. The minimum atomic E-state index is -1.03. The van der Waals surface area contributed by atoms with Gasteiger partial charge in [0.25, 0.3) is 0 Å². The molecule has 6 nitrogen and oxygen atoms in total. The van der Waals surface area contributed by atoms with E-state index in [1.54, 1.807) is 21.1 Å². The average Bonchev–Trinajstić information content (AvgIpc) is 2.84. The third-order valence-electron chi connectivity index (χ3n) is 6.11. The summed E-state index contributed by atoms with van der Waals surface area (Å²) in [6.07, 6.45) is 4.48. The Morgan fingerprint density at radius 2 is 1.64 bits per heavy atom. The molecule has 172 valence electrons. The Balaban J connectivity index is 1.79. The van der Waals surface area contributed by atoms with Crippen molar-refractivity contribution in [2.24, 2.45) is 5.92 Å². The smallest absolute Gasteiger partial charge is 0.326 e. The highest BCUT2D eigenvalue weighted by Gasteiger charge is 2.46. The molecule has 2 aromatic carbocycles. The molecule has 0 aromatic heterocycles. The summed E-state index contributed by atoms with van der Waals surface area (Å²) in [7, 11) is 3.23. The number of hydrogen-bond donors (Lipinski definition) is 0. The molecule has 2 aliphatic rings. The van der Waals surface area contributed by atoms with Gasteiger partial charge in [-0.2, -0.15) is 0 Å². The molecule has 0 N–H and O–H groups in total. The van der Waals surface area contributed by atoms with E-state index in [-0.39, 0.29) is 6.61 Å². The summed E-state index contributed by atoms with van der Waals surface area (Å²) in [5, 5.41) is 0. The van der Waals surface area contributed by atoms with Crippen molar-refractivity contribution in [2.45, 2.75) is 32.1 Å². The average molecular weight is 449 g/mol. The van der Waals surface area contributed by atoms with Crippen molar-refractivity contribution in [1.82, 2.24) is 0 Å². The summed E-state index contributed by atoms with van der Waals surface area (Å²) < 4.78 is 21.6. The monoisotopic (exact) mass is 448 g/mol. The van der Waals surface area contributed by atoms with Crippen molar-refractivity contribution in [1.29, 1.82) is 0 Å². The van der Waals surface area contributed by atoms with Gasteiger partial charge in [-0.15, -0.1) is 0 Å². The highest BCUT2D eigenvalue weighted by atomic mass is 16.6. The Morgan fingerprint density at radius 1 is 1.00 bits per heavy atom. The van der Waals surface area contributed by atoms with Crippen molar-refractivity contribution < 1.29 is 28.5 Å². The SMILES string of the molecule is CCOC(=O)C1C(=O)OC2=C(CCC/C2=C\c2ccc(OC)cc2)C1c1ccc(OC)cc1. The van der Waals surface area contributed by atoms with Gasteiger partial charge in [-0.25, -0.2) is 0 Å². The van der Waals surface area contributed by atoms with E-state index in [4.69, 9.17) is 18.9 Å². The number of carbonyl (C=O) groups excluding carboxylic acids is 2. The van der Waals surface area contributed by atoms with Gasteiger partial charge in [0.15, 0.2) is 5.92 Å². The first-order valence-electron chi connectivity index (χ1n) is 11.2. The standard InChI is InChI=1S/C27H28O6/c1-4-32-26(28)24-23(18-10-14-21(31-3)15-11-18)22-7-5-6-19(25(22)33-27(24)29)16-17-8-12-20(30-2)13-9-17/h8-16,23-24H,4-7H2,1-3H3/b19-16+. The van der Waals surface area contributed by atoms with Crippen molar-refractivity contribution in [3.05, 3.63) is 76.6 Å². The summed E-state index contributed by atoms with van der Waals surface area (Å²) in [4.78, 5) is 26.0. The zero-order valence-electron chi connectivity index (χ0n) is 19.1. The first-order chi connectivity index (χ1) is 16.0. The van der Waals surface area contributed by atoms with Crippen LogP contribution in [0.1, 0.15) is 43.2 Å². The molecule has 2 aromatic rings. The number of carbonyl (C=O) groups is 2. The van der Waals surface area contributed by atoms with Crippen molar-refractivity contribution in [3.8, 4) is 11.5 Å². The fourth-order valence-electron chi connectivity index (χ4n) is 4.54. The summed E-state index contributed by atoms with van der Waals surface area (Å²) in [5.74, 6) is -0.521. The van der Waals surface area contributed by atoms with Crippen LogP contribution in [0.5, 0.6) is 11.5 Å². The minimum Gasteiger partial charge on any atom is -0.497 e. The molecule has 0 saturated heterocycles. The topological polar surface area (TPSA) is 71.1 Å². The third-order valence-corrected chi connectivity index (χ3v) is 6.11. The molecule has 0 radical (unpaired) electrons. The Morgan fingerprint density at radius 3 is 2.24 bits per heavy atom. The Hall–Kier alpha value is -3.54. The second kappa shape index (κ2) is 9.94. The van der Waals surface area contributed by atoms with Gasteiger partial charge in [0.2, 0.25) is 0 Å². The zero-order valence-corrected chi connectivity index (χ0v) is 19.1. The molecule has 0 spiro atoms. The van der Waals surface area contributed by atoms with E-state index in [0.29, 0.717) is 11.5 Å². The number of methoxy groups -OCH3 is 2. The number of ether oxygens (including phenoxy) is 4. The highest BCUT2D eigenvalue weighted by molar-refractivity contribution is 5.98. The van der Waals surface area contributed by atoms with Gasteiger partial charge in [-0.05, 0) is 78.8 Å². The van der Waals surface area contributed by atoms with Gasteiger partial charge in [-0.3, -0.25) is 9.59 Å². The van der Waals surface area contributed by atoms with E-state index in [9.17, 15) is 9.59 Å². The lowest BCUT2D eigenvalue weighted by molar-refractivity contribution is -0.161. The van der Waals surface area contributed by atoms with Gasteiger partial charge in [-0.1, -0.05) is 24.3 Å². The first kappa shape index (κ1) is 22.6. The van der Waals surface area contributed by atoms with Crippen LogP contribution in [0.4, 0.5) is 0 Å². The van der Waals surface area contributed by atoms with Crippen LogP contribution in [0.2, 0.25) is 0 Å². The van der Waals surface area contributed by atoms with Crippen LogP contribution in [0.15, 0.2) is 65.4 Å². The lowest BCUT2D eigenvalue weighted by Gasteiger charge is -2.36. The summed E-state index contributed by atoms with van der Waals surface area (Å²) >= 11 is 0. The molecule has 0 saturated carbocycles. The number of esters is 2. The molecule has 1 heterocycles. The van der Waals surface area contributed by atoms with E-state index in [2.05, 4.69) is 0 Å². The van der Waals surface area contributed by atoms with E-state index in [0.717, 1.165) is 47.3 Å². The van der Waals surface area contributed by atoms with E-state index in [1.165, 1.54) is 0 Å². The summed E-state index contributed by atoms with van der Waals surface area (Å²) in [6.45, 7) is 1.93. The van der Waals surface area contributed by atoms with Gasteiger partial charge in [0.1, 0.15) is 17.3 Å². The maximum Gasteiger partial charge on any atom is 0.326 e. The van der Waals surface area contributed by atoms with Crippen molar-refractivity contribution >= 4 is 18.0 Å². The zero-order chi connectivity index (χ0) is 23.4. The number of rotatable bonds is 6. The van der Waals surface area contributed by atoms with Crippen LogP contribution in [-0.4, -0.2) is 32.8 Å². The molecular formula is C27H28O6. The predicted octanol–water partition coefficient (Wildman–Crippen LogP) is 5.05. The van der Waals surface area contributed by atoms with Crippen LogP contribution < -0.4 is 9.47 Å². The molecule has 1 aliphatic heterocycles. The Bertz CT molecular complexity index is 1080. The van der Waals surface area contributed by atoms with Crippen LogP contribution in [0.3, 0.4) is 0 Å². The van der Waals surface area contributed by atoms with Gasteiger partial charge in [0.05, 0.1) is 20.8 Å². The van der Waals surface area contributed by atoms with Crippen LogP contribution in [0.25, 0.3) is 6.08 Å². The van der Waals surface area contributed by atoms with E-state index >= 15 is 0 Å². The van der Waals surface area contributed by atoms with E-state index < -0.39 is 23.8 Å². The largest absolute Gasteiger partial charge is 0.497 e. The van der Waals surface area contributed by atoms with Gasteiger partial charge in [0, 0.05) is 5.92 Å². The highest BCUT2D eigenvalue weighted by Crippen LogP contribution is 2.47. The van der Waals surface area contributed by atoms with Crippen molar-refractivity contribution in [3.63, 3.8) is 0 Å².